The Kier molecular flexibility index (Phi) is 5.65. The van der Waals surface area contributed by atoms with Gasteiger partial charge in [-0.1, -0.05) is 11.6 Å². The lowest BCUT2D eigenvalue weighted by Crippen LogP contribution is -2.10. The number of methoxy groups -OCH3 is 1. The summed E-state index contributed by atoms with van der Waals surface area (Å²) in [7, 11) is 1.21. The van der Waals surface area contributed by atoms with Crippen LogP contribution in [0.3, 0.4) is 0 Å². The Morgan fingerprint density at radius 1 is 1.25 bits per heavy atom. The topological polar surface area (TPSA) is 97.7 Å². The molecule has 148 valence electrons. The summed E-state index contributed by atoms with van der Waals surface area (Å²) >= 11 is 6.19. The molecule has 3 aromatic rings. The molecular formula is C20H21ClN2O5. The second-order valence-electron chi connectivity index (χ2n) is 6.51. The first-order valence-electron chi connectivity index (χ1n) is 8.69. The molecule has 28 heavy (non-hydrogen) atoms. The van der Waals surface area contributed by atoms with Crippen molar-refractivity contribution in [1.29, 1.82) is 0 Å². The molecule has 0 spiro atoms. The third-order valence-electron chi connectivity index (χ3n) is 4.57. The lowest BCUT2D eigenvalue weighted by molar-refractivity contribution is 0.0596. The number of aromatic nitrogens is 2. The van der Waals surface area contributed by atoms with Crippen LogP contribution < -0.4 is 0 Å². The third-order valence-corrected chi connectivity index (χ3v) is 4.99. The number of esters is 1. The summed E-state index contributed by atoms with van der Waals surface area (Å²) in [6.07, 6.45) is 4.23. The van der Waals surface area contributed by atoms with Crippen LogP contribution in [0, 0.1) is 13.8 Å². The van der Waals surface area contributed by atoms with Crippen LogP contribution in [-0.2, 0) is 24.1 Å². The molecule has 8 heteroatoms. The zero-order valence-corrected chi connectivity index (χ0v) is 16.6. The van der Waals surface area contributed by atoms with Crippen molar-refractivity contribution in [3.05, 3.63) is 63.6 Å². The van der Waals surface area contributed by atoms with Gasteiger partial charge in [-0.15, -0.1) is 0 Å². The van der Waals surface area contributed by atoms with E-state index in [1.54, 1.807) is 6.20 Å². The Morgan fingerprint density at radius 3 is 2.64 bits per heavy atom. The van der Waals surface area contributed by atoms with E-state index in [1.165, 1.54) is 7.11 Å². The van der Waals surface area contributed by atoms with Crippen molar-refractivity contribution in [3.63, 3.8) is 0 Å². The first kappa shape index (κ1) is 19.8. The highest BCUT2D eigenvalue weighted by Crippen LogP contribution is 2.37. The summed E-state index contributed by atoms with van der Waals surface area (Å²) in [5.74, 6) is 1.04. The number of halogens is 1. The van der Waals surface area contributed by atoms with E-state index in [-0.39, 0.29) is 28.5 Å². The number of aryl methyl sites for hydroxylation is 3. The molecule has 2 heterocycles. The monoisotopic (exact) mass is 404 g/mol. The Hall–Kier alpha value is -2.93. The van der Waals surface area contributed by atoms with E-state index in [0.717, 1.165) is 29.0 Å². The maximum Gasteiger partial charge on any atom is 0.341 e. The number of ether oxygens (including phenoxy) is 1. The molecule has 0 aliphatic rings. The standard InChI is InChI=1S/C20H21ClN2O5/c1-11-8-12(2)28-16(11)10-23-7-6-22-17(23)5-4-13-18(20(26)27-3)14(24)9-15(25)19(13)21/h6-9,24-25H,4-5,10H2,1-3H3. The van der Waals surface area contributed by atoms with Crippen molar-refractivity contribution in [2.75, 3.05) is 7.11 Å². The second-order valence-corrected chi connectivity index (χ2v) is 6.89. The van der Waals surface area contributed by atoms with Crippen molar-refractivity contribution in [3.8, 4) is 11.5 Å². The van der Waals surface area contributed by atoms with Gasteiger partial charge in [0.1, 0.15) is 34.4 Å². The highest BCUT2D eigenvalue weighted by molar-refractivity contribution is 6.33. The van der Waals surface area contributed by atoms with Gasteiger partial charge in [0.2, 0.25) is 0 Å². The molecule has 0 bridgehead atoms. The fourth-order valence-corrected chi connectivity index (χ4v) is 3.44. The first-order valence-corrected chi connectivity index (χ1v) is 9.07. The number of nitrogens with zero attached hydrogens (tertiary/aromatic N) is 2. The summed E-state index contributed by atoms with van der Waals surface area (Å²) in [5.41, 5.74) is 1.32. The number of carbonyl (C=O) groups excluding carboxylic acids is 1. The minimum atomic E-state index is -0.723. The van der Waals surface area contributed by atoms with Crippen LogP contribution in [0.15, 0.2) is 28.9 Å². The molecule has 0 saturated carbocycles. The predicted molar refractivity (Wildman–Crippen MR) is 103 cm³/mol. The van der Waals surface area contributed by atoms with Gasteiger partial charge in [-0.2, -0.15) is 0 Å². The van der Waals surface area contributed by atoms with E-state index in [9.17, 15) is 15.0 Å². The quantitative estimate of drug-likeness (QED) is 0.607. The van der Waals surface area contributed by atoms with Crippen LogP contribution in [-0.4, -0.2) is 32.8 Å². The van der Waals surface area contributed by atoms with Gasteiger partial charge in [0.05, 0.1) is 18.7 Å². The Balaban J connectivity index is 1.87. The van der Waals surface area contributed by atoms with E-state index in [0.29, 0.717) is 18.5 Å². The third kappa shape index (κ3) is 3.84. The summed E-state index contributed by atoms with van der Waals surface area (Å²) in [5, 5.41) is 20.0. The number of hydrogen-bond donors (Lipinski definition) is 2. The minimum Gasteiger partial charge on any atom is -0.507 e. The number of rotatable bonds is 6. The van der Waals surface area contributed by atoms with Crippen molar-refractivity contribution in [1.82, 2.24) is 9.55 Å². The predicted octanol–water partition coefficient (Wildman–Crippen LogP) is 3.78. The minimum absolute atomic E-state index is 0.00816. The van der Waals surface area contributed by atoms with Crippen molar-refractivity contribution in [2.24, 2.45) is 0 Å². The Bertz CT molecular complexity index is 1020. The van der Waals surface area contributed by atoms with Gasteiger partial charge in [0.15, 0.2) is 0 Å². The summed E-state index contributed by atoms with van der Waals surface area (Å²) < 4.78 is 12.4. The van der Waals surface area contributed by atoms with Gasteiger partial charge in [0.25, 0.3) is 0 Å². The van der Waals surface area contributed by atoms with Crippen LogP contribution in [0.4, 0.5) is 0 Å². The van der Waals surface area contributed by atoms with E-state index in [2.05, 4.69) is 4.98 Å². The highest BCUT2D eigenvalue weighted by Gasteiger charge is 2.23. The molecular weight excluding hydrogens is 384 g/mol. The number of hydrogen-bond acceptors (Lipinski definition) is 6. The number of carbonyl (C=O) groups is 1. The molecule has 0 amide bonds. The average molecular weight is 405 g/mol. The molecule has 0 atom stereocenters. The lowest BCUT2D eigenvalue weighted by Gasteiger charge is -2.14. The zero-order valence-electron chi connectivity index (χ0n) is 15.8. The van der Waals surface area contributed by atoms with E-state index >= 15 is 0 Å². The fraction of sp³-hybridized carbons (Fsp3) is 0.300. The van der Waals surface area contributed by atoms with Crippen LogP contribution in [0.25, 0.3) is 0 Å². The van der Waals surface area contributed by atoms with E-state index in [4.69, 9.17) is 20.8 Å². The number of furan rings is 1. The smallest absolute Gasteiger partial charge is 0.341 e. The Labute approximate surface area is 167 Å². The number of phenolic OH excluding ortho intramolecular Hbond substituents is 2. The molecule has 2 aromatic heterocycles. The molecule has 7 nitrogen and oxygen atoms in total. The first-order chi connectivity index (χ1) is 13.3. The molecule has 3 rings (SSSR count). The molecule has 0 fully saturated rings. The molecule has 0 aliphatic carbocycles. The largest absolute Gasteiger partial charge is 0.507 e. The molecule has 2 N–H and O–H groups in total. The number of aromatic hydroxyl groups is 2. The van der Waals surface area contributed by atoms with Crippen LogP contribution in [0.5, 0.6) is 11.5 Å². The maximum atomic E-state index is 12.1. The summed E-state index contributed by atoms with van der Waals surface area (Å²) in [4.78, 5) is 16.4. The van der Waals surface area contributed by atoms with Crippen molar-refractivity contribution >= 4 is 17.6 Å². The van der Waals surface area contributed by atoms with Gasteiger partial charge < -0.3 is 23.9 Å². The average Bonchev–Trinajstić information content (AvgIpc) is 3.22. The molecule has 0 radical (unpaired) electrons. The molecule has 0 unspecified atom stereocenters. The van der Waals surface area contributed by atoms with Gasteiger partial charge in [-0.3, -0.25) is 0 Å². The van der Waals surface area contributed by atoms with Crippen LogP contribution in [0.2, 0.25) is 5.02 Å². The SMILES string of the molecule is COC(=O)c1c(O)cc(O)c(Cl)c1CCc1nccn1Cc1oc(C)cc1C. The molecule has 0 aliphatic heterocycles. The highest BCUT2D eigenvalue weighted by atomic mass is 35.5. The van der Waals surface area contributed by atoms with Crippen molar-refractivity contribution in [2.45, 2.75) is 33.2 Å². The molecule has 1 aromatic carbocycles. The van der Waals surface area contributed by atoms with Gasteiger partial charge in [-0.25, -0.2) is 9.78 Å². The zero-order chi connectivity index (χ0) is 20.4. The fourth-order valence-electron chi connectivity index (χ4n) is 3.20. The molecule has 0 saturated heterocycles. The number of phenols is 2. The number of imidazole rings is 1. The van der Waals surface area contributed by atoms with Gasteiger partial charge >= 0.3 is 5.97 Å². The van der Waals surface area contributed by atoms with E-state index < -0.39 is 5.97 Å². The maximum absolute atomic E-state index is 12.1. The normalized spacial score (nSPS) is 11.0. The van der Waals surface area contributed by atoms with Crippen LogP contribution >= 0.6 is 11.6 Å². The lowest BCUT2D eigenvalue weighted by atomic mass is 10.0. The van der Waals surface area contributed by atoms with Crippen molar-refractivity contribution < 1.29 is 24.2 Å². The van der Waals surface area contributed by atoms with E-state index in [1.807, 2.05) is 30.7 Å². The Morgan fingerprint density at radius 2 is 2.00 bits per heavy atom. The van der Waals surface area contributed by atoms with Crippen LogP contribution in [0.1, 0.15) is 38.8 Å². The summed E-state index contributed by atoms with van der Waals surface area (Å²) in [6, 6.07) is 3.00. The number of benzene rings is 1. The second kappa shape index (κ2) is 7.98. The summed E-state index contributed by atoms with van der Waals surface area (Å²) in [6.45, 7) is 4.41. The van der Waals surface area contributed by atoms with Gasteiger partial charge in [-0.05, 0) is 37.5 Å². The van der Waals surface area contributed by atoms with Gasteiger partial charge in [0, 0.05) is 24.9 Å².